The van der Waals surface area contributed by atoms with Gasteiger partial charge in [-0.2, -0.15) is 5.26 Å². The van der Waals surface area contributed by atoms with E-state index in [-0.39, 0.29) is 0 Å². The number of rotatable bonds is 9. The van der Waals surface area contributed by atoms with Crippen molar-refractivity contribution in [3.05, 3.63) is 0 Å². The molecule has 0 atom stereocenters. The zero-order valence-electron chi connectivity index (χ0n) is 8.14. The molecule has 0 heterocycles. The maximum Gasteiger partial charge on any atom is 0.261 e. The summed E-state index contributed by atoms with van der Waals surface area (Å²) in [6, 6.07) is 2.06. The summed E-state index contributed by atoms with van der Waals surface area (Å²) in [7, 11) is 0. The fourth-order valence-electron chi connectivity index (χ4n) is 0.896. The van der Waals surface area contributed by atoms with Crippen LogP contribution in [0.5, 0.6) is 0 Å². The molecule has 0 amide bonds. The van der Waals surface area contributed by atoms with Crippen molar-refractivity contribution in [1.29, 1.82) is 5.26 Å². The van der Waals surface area contributed by atoms with E-state index in [2.05, 4.69) is 16.1 Å². The molecule has 0 saturated heterocycles. The number of nitriles is 1. The van der Waals surface area contributed by atoms with Crippen LogP contribution in [0.3, 0.4) is 0 Å². The molecule has 0 aromatic rings. The minimum Gasteiger partial charge on any atom is -0.374 e. The first-order valence-electron chi connectivity index (χ1n) is 4.71. The second-order valence-electron chi connectivity index (χ2n) is 2.83. The van der Waals surface area contributed by atoms with E-state index in [0.717, 1.165) is 19.4 Å². The number of nitrogens with one attached hydrogen (secondary N) is 1. The van der Waals surface area contributed by atoms with Gasteiger partial charge in [0.25, 0.3) is 6.43 Å². The molecule has 0 aliphatic carbocycles. The molecule has 0 aromatic carbocycles. The summed E-state index contributed by atoms with van der Waals surface area (Å²) in [6.07, 6.45) is -0.00137. The summed E-state index contributed by atoms with van der Waals surface area (Å²) >= 11 is 0. The summed E-state index contributed by atoms with van der Waals surface area (Å²) in [5.74, 6) is 0. The molecule has 3 nitrogen and oxygen atoms in total. The molecule has 14 heavy (non-hydrogen) atoms. The van der Waals surface area contributed by atoms with Crippen molar-refractivity contribution in [3.8, 4) is 6.07 Å². The maximum absolute atomic E-state index is 11.6. The van der Waals surface area contributed by atoms with Crippen molar-refractivity contribution < 1.29 is 13.5 Å². The van der Waals surface area contributed by atoms with Crippen LogP contribution in [0.15, 0.2) is 0 Å². The number of alkyl halides is 2. The SMILES string of the molecule is N#CCCCCNCCOCC(F)F. The average Bonchev–Trinajstić information content (AvgIpc) is 2.15. The Morgan fingerprint density at radius 2 is 2.07 bits per heavy atom. The van der Waals surface area contributed by atoms with Crippen LogP contribution in [0.1, 0.15) is 19.3 Å². The Hall–Kier alpha value is -0.730. The van der Waals surface area contributed by atoms with E-state index in [1.54, 1.807) is 0 Å². The van der Waals surface area contributed by atoms with E-state index in [9.17, 15) is 8.78 Å². The van der Waals surface area contributed by atoms with Gasteiger partial charge in [-0.3, -0.25) is 0 Å². The predicted molar refractivity (Wildman–Crippen MR) is 49.2 cm³/mol. The molecule has 0 spiro atoms. The van der Waals surface area contributed by atoms with Crippen LogP contribution in [0.4, 0.5) is 8.78 Å². The smallest absolute Gasteiger partial charge is 0.261 e. The van der Waals surface area contributed by atoms with Crippen LogP contribution in [-0.2, 0) is 4.74 Å². The quantitative estimate of drug-likeness (QED) is 0.582. The van der Waals surface area contributed by atoms with Crippen molar-refractivity contribution in [3.63, 3.8) is 0 Å². The van der Waals surface area contributed by atoms with Crippen molar-refractivity contribution in [1.82, 2.24) is 5.32 Å². The van der Waals surface area contributed by atoms with Crippen LogP contribution >= 0.6 is 0 Å². The summed E-state index contributed by atoms with van der Waals surface area (Å²) < 4.78 is 27.8. The Labute approximate surface area is 83.0 Å². The molecule has 1 N–H and O–H groups in total. The standard InChI is InChI=1S/C9H16F2N2O/c10-9(11)8-14-7-6-13-5-3-1-2-4-12/h9,13H,1-3,5-8H2. The molecule has 0 fully saturated rings. The minimum atomic E-state index is -2.38. The fraction of sp³-hybridized carbons (Fsp3) is 0.889. The molecule has 0 bridgehead atoms. The van der Waals surface area contributed by atoms with Crippen LogP contribution in [0.25, 0.3) is 0 Å². The van der Waals surface area contributed by atoms with Gasteiger partial charge in [0.2, 0.25) is 0 Å². The lowest BCUT2D eigenvalue weighted by Gasteiger charge is -2.04. The lowest BCUT2D eigenvalue weighted by Crippen LogP contribution is -2.22. The highest BCUT2D eigenvalue weighted by Gasteiger charge is 2.00. The molecule has 0 rings (SSSR count). The number of unbranched alkanes of at least 4 members (excludes halogenated alkanes) is 2. The van der Waals surface area contributed by atoms with E-state index in [1.165, 1.54) is 0 Å². The molecule has 0 aliphatic rings. The summed E-state index contributed by atoms with van der Waals surface area (Å²) in [5, 5.41) is 11.3. The number of halogens is 2. The third-order valence-electron chi connectivity index (χ3n) is 1.56. The van der Waals surface area contributed by atoms with Gasteiger partial charge in [0.05, 0.1) is 12.7 Å². The number of nitrogens with zero attached hydrogens (tertiary/aromatic N) is 1. The van der Waals surface area contributed by atoms with Gasteiger partial charge in [-0.05, 0) is 19.4 Å². The van der Waals surface area contributed by atoms with E-state index in [0.29, 0.717) is 19.6 Å². The number of ether oxygens (including phenoxy) is 1. The highest BCUT2D eigenvalue weighted by atomic mass is 19.3. The molecular formula is C9H16F2N2O. The highest BCUT2D eigenvalue weighted by Crippen LogP contribution is 1.92. The van der Waals surface area contributed by atoms with Crippen molar-refractivity contribution in [2.45, 2.75) is 25.7 Å². The third-order valence-corrected chi connectivity index (χ3v) is 1.56. The van der Waals surface area contributed by atoms with Crippen molar-refractivity contribution in [2.24, 2.45) is 0 Å². The van der Waals surface area contributed by atoms with Gasteiger partial charge in [-0.1, -0.05) is 0 Å². The molecule has 0 aromatic heterocycles. The van der Waals surface area contributed by atoms with E-state index in [1.807, 2.05) is 0 Å². The van der Waals surface area contributed by atoms with Gasteiger partial charge in [0, 0.05) is 13.0 Å². The van der Waals surface area contributed by atoms with Crippen LogP contribution in [-0.4, -0.2) is 32.7 Å². The van der Waals surface area contributed by atoms with Gasteiger partial charge < -0.3 is 10.1 Å². The van der Waals surface area contributed by atoms with Gasteiger partial charge in [0.15, 0.2) is 0 Å². The van der Waals surface area contributed by atoms with Gasteiger partial charge in [0.1, 0.15) is 6.61 Å². The first-order valence-corrected chi connectivity index (χ1v) is 4.71. The van der Waals surface area contributed by atoms with Crippen molar-refractivity contribution >= 4 is 0 Å². The monoisotopic (exact) mass is 206 g/mol. The van der Waals surface area contributed by atoms with Crippen LogP contribution < -0.4 is 5.32 Å². The third kappa shape index (κ3) is 11.3. The first kappa shape index (κ1) is 13.3. The van der Waals surface area contributed by atoms with Gasteiger partial charge in [-0.15, -0.1) is 0 Å². The molecule has 0 aliphatic heterocycles. The fourth-order valence-corrected chi connectivity index (χ4v) is 0.896. The maximum atomic E-state index is 11.6. The Balaban J connectivity index is 2.89. The Morgan fingerprint density at radius 3 is 2.71 bits per heavy atom. The van der Waals surface area contributed by atoms with Crippen molar-refractivity contribution in [2.75, 3.05) is 26.3 Å². The van der Waals surface area contributed by atoms with E-state index in [4.69, 9.17) is 5.26 Å². The number of hydrogen-bond donors (Lipinski definition) is 1. The first-order chi connectivity index (χ1) is 6.77. The molecule has 0 saturated carbocycles. The van der Waals surface area contributed by atoms with E-state index >= 15 is 0 Å². The predicted octanol–water partition coefficient (Wildman–Crippen LogP) is 1.55. The second kappa shape index (κ2) is 10.4. The highest BCUT2D eigenvalue weighted by molar-refractivity contribution is 4.68. The molecule has 0 unspecified atom stereocenters. The van der Waals surface area contributed by atoms with Gasteiger partial charge >= 0.3 is 0 Å². The van der Waals surface area contributed by atoms with Gasteiger partial charge in [-0.25, -0.2) is 8.78 Å². The molecule has 0 radical (unpaired) electrons. The topological polar surface area (TPSA) is 45.0 Å². The minimum absolute atomic E-state index is 0.308. The zero-order valence-corrected chi connectivity index (χ0v) is 8.14. The van der Waals surface area contributed by atoms with Crippen LogP contribution in [0, 0.1) is 11.3 Å². The Bertz CT molecular complexity index is 159. The zero-order chi connectivity index (χ0) is 10.6. The summed E-state index contributed by atoms with van der Waals surface area (Å²) in [6.45, 7) is 1.21. The molecular weight excluding hydrogens is 190 g/mol. The Morgan fingerprint density at radius 1 is 1.29 bits per heavy atom. The summed E-state index contributed by atoms with van der Waals surface area (Å²) in [4.78, 5) is 0. The largest absolute Gasteiger partial charge is 0.374 e. The summed E-state index contributed by atoms with van der Waals surface area (Å²) in [5.41, 5.74) is 0. The molecule has 82 valence electrons. The Kier molecular flexibility index (Phi) is 9.81. The van der Waals surface area contributed by atoms with Crippen LogP contribution in [0.2, 0.25) is 0 Å². The second-order valence-corrected chi connectivity index (χ2v) is 2.83. The normalized spacial score (nSPS) is 10.4. The lowest BCUT2D eigenvalue weighted by molar-refractivity contribution is 0.0188. The average molecular weight is 206 g/mol. The van der Waals surface area contributed by atoms with E-state index < -0.39 is 13.0 Å². The molecule has 5 heteroatoms. The lowest BCUT2D eigenvalue weighted by atomic mass is 10.2. The number of hydrogen-bond acceptors (Lipinski definition) is 3.